The monoisotopic (exact) mass is 266 g/mol. The van der Waals surface area contributed by atoms with Crippen LogP contribution >= 0.6 is 0 Å². The van der Waals surface area contributed by atoms with Gasteiger partial charge in [0.15, 0.2) is 0 Å². The summed E-state index contributed by atoms with van der Waals surface area (Å²) in [5, 5.41) is 12.4. The molecule has 0 aromatic carbocycles. The molecule has 1 N–H and O–H groups in total. The zero-order chi connectivity index (χ0) is 14.1. The molecule has 0 aliphatic heterocycles. The lowest BCUT2D eigenvalue weighted by Crippen LogP contribution is -2.40. The Bertz CT molecular complexity index is 287. The first-order valence-electron chi connectivity index (χ1n) is 7.89. The van der Waals surface area contributed by atoms with E-state index in [1.165, 1.54) is 25.7 Å². The minimum Gasteiger partial charge on any atom is -0.378 e. The fourth-order valence-electron chi connectivity index (χ4n) is 2.92. The minimum atomic E-state index is -0.368. The van der Waals surface area contributed by atoms with Crippen LogP contribution in [0.4, 0.5) is 0 Å². The highest BCUT2D eigenvalue weighted by molar-refractivity contribution is 5.03. The largest absolute Gasteiger partial charge is 0.378 e. The predicted molar refractivity (Wildman–Crippen MR) is 78.9 cm³/mol. The molecular formula is C16H30N2O. The second kappa shape index (κ2) is 8.55. The first-order valence-corrected chi connectivity index (χ1v) is 7.89. The summed E-state index contributed by atoms with van der Waals surface area (Å²) in [6, 6.07) is 2.37. The number of rotatable bonds is 8. The van der Waals surface area contributed by atoms with Gasteiger partial charge in [-0.25, -0.2) is 0 Å². The smallest absolute Gasteiger partial charge is 0.103 e. The van der Waals surface area contributed by atoms with Crippen molar-refractivity contribution in [1.82, 2.24) is 5.32 Å². The molecular weight excluding hydrogens is 236 g/mol. The number of unbranched alkanes of at least 4 members (excludes halogenated alkanes) is 1. The molecule has 3 heteroatoms. The number of hydrogen-bond acceptors (Lipinski definition) is 3. The van der Waals surface area contributed by atoms with Crippen molar-refractivity contribution in [2.75, 3.05) is 13.2 Å². The molecule has 0 heterocycles. The third-order valence-electron chi connectivity index (χ3n) is 4.25. The number of ether oxygens (including phenoxy) is 1. The summed E-state index contributed by atoms with van der Waals surface area (Å²) in [6.45, 7) is 8.04. The van der Waals surface area contributed by atoms with Crippen LogP contribution in [0.1, 0.15) is 65.7 Å². The van der Waals surface area contributed by atoms with E-state index in [1.807, 2.05) is 13.8 Å². The highest BCUT2D eigenvalue weighted by Crippen LogP contribution is 2.26. The van der Waals surface area contributed by atoms with Gasteiger partial charge in [-0.15, -0.1) is 0 Å². The van der Waals surface area contributed by atoms with Crippen molar-refractivity contribution in [3.05, 3.63) is 0 Å². The van der Waals surface area contributed by atoms with Crippen LogP contribution in [0, 0.1) is 17.2 Å². The molecule has 0 radical (unpaired) electrons. The van der Waals surface area contributed by atoms with Crippen molar-refractivity contribution in [2.24, 2.45) is 5.92 Å². The average molecular weight is 266 g/mol. The Labute approximate surface area is 118 Å². The van der Waals surface area contributed by atoms with Gasteiger partial charge in [-0.3, -0.25) is 5.32 Å². The molecule has 0 bridgehead atoms. The predicted octanol–water partition coefficient (Wildman–Crippen LogP) is 3.64. The molecule has 0 amide bonds. The molecule has 0 aromatic heterocycles. The van der Waals surface area contributed by atoms with Crippen LogP contribution in [-0.2, 0) is 4.74 Å². The Hall–Kier alpha value is -0.590. The van der Waals surface area contributed by atoms with Crippen molar-refractivity contribution in [2.45, 2.75) is 77.4 Å². The summed E-state index contributed by atoms with van der Waals surface area (Å²) < 4.78 is 6.00. The number of nitrogens with one attached hydrogen (secondary N) is 1. The van der Waals surface area contributed by atoms with E-state index in [2.05, 4.69) is 18.3 Å². The summed E-state index contributed by atoms with van der Waals surface area (Å²) in [5.74, 6) is 0.722. The third kappa shape index (κ3) is 5.93. The van der Waals surface area contributed by atoms with E-state index >= 15 is 0 Å². The quantitative estimate of drug-likeness (QED) is 0.682. The summed E-state index contributed by atoms with van der Waals surface area (Å²) in [4.78, 5) is 0. The Morgan fingerprint density at radius 3 is 2.68 bits per heavy atom. The van der Waals surface area contributed by atoms with Crippen molar-refractivity contribution in [3.8, 4) is 6.07 Å². The molecule has 3 atom stereocenters. The lowest BCUT2D eigenvalue weighted by atomic mass is 9.88. The first kappa shape index (κ1) is 16.5. The van der Waals surface area contributed by atoms with Gasteiger partial charge in [0, 0.05) is 6.61 Å². The zero-order valence-electron chi connectivity index (χ0n) is 12.9. The normalized spacial score (nSPS) is 26.6. The Morgan fingerprint density at radius 1 is 1.32 bits per heavy atom. The van der Waals surface area contributed by atoms with Crippen LogP contribution < -0.4 is 5.32 Å². The highest BCUT2D eigenvalue weighted by atomic mass is 16.5. The van der Waals surface area contributed by atoms with Crippen LogP contribution in [0.25, 0.3) is 0 Å². The Kier molecular flexibility index (Phi) is 7.41. The summed E-state index contributed by atoms with van der Waals surface area (Å²) in [6.07, 6.45) is 8.73. The molecule has 0 aromatic rings. The third-order valence-corrected chi connectivity index (χ3v) is 4.25. The standard InChI is InChI=1S/C16H30N2O/c1-4-18-16(3,13-17)11-7-8-12-19-15-10-6-5-9-14(15)2/h14-15,18H,4-12H2,1-3H3. The Morgan fingerprint density at radius 2 is 2.05 bits per heavy atom. The molecule has 1 aliphatic rings. The van der Waals surface area contributed by atoms with Crippen LogP contribution in [0.2, 0.25) is 0 Å². The maximum Gasteiger partial charge on any atom is 0.103 e. The number of hydrogen-bond donors (Lipinski definition) is 1. The van der Waals surface area contributed by atoms with Gasteiger partial charge in [-0.05, 0) is 51.5 Å². The molecule has 1 aliphatic carbocycles. The van der Waals surface area contributed by atoms with E-state index < -0.39 is 0 Å². The van der Waals surface area contributed by atoms with Crippen molar-refractivity contribution in [1.29, 1.82) is 5.26 Å². The number of nitriles is 1. The van der Waals surface area contributed by atoms with Crippen molar-refractivity contribution >= 4 is 0 Å². The molecule has 1 fully saturated rings. The van der Waals surface area contributed by atoms with Gasteiger partial charge >= 0.3 is 0 Å². The fourth-order valence-corrected chi connectivity index (χ4v) is 2.92. The van der Waals surface area contributed by atoms with Gasteiger partial charge in [-0.1, -0.05) is 26.7 Å². The zero-order valence-corrected chi connectivity index (χ0v) is 12.9. The molecule has 3 nitrogen and oxygen atoms in total. The second-order valence-electron chi connectivity index (χ2n) is 6.10. The lowest BCUT2D eigenvalue weighted by molar-refractivity contribution is -0.00681. The van der Waals surface area contributed by atoms with Crippen molar-refractivity contribution in [3.63, 3.8) is 0 Å². The van der Waals surface area contributed by atoms with Gasteiger partial charge in [0.05, 0.1) is 12.2 Å². The van der Waals surface area contributed by atoms with Gasteiger partial charge in [-0.2, -0.15) is 5.26 Å². The fraction of sp³-hybridized carbons (Fsp3) is 0.938. The molecule has 19 heavy (non-hydrogen) atoms. The van der Waals surface area contributed by atoms with Crippen LogP contribution in [0.15, 0.2) is 0 Å². The van der Waals surface area contributed by atoms with E-state index in [9.17, 15) is 0 Å². The van der Waals surface area contributed by atoms with Crippen LogP contribution in [0.5, 0.6) is 0 Å². The van der Waals surface area contributed by atoms with Gasteiger partial charge in [0.25, 0.3) is 0 Å². The summed E-state index contributed by atoms with van der Waals surface area (Å²) in [7, 11) is 0. The maximum atomic E-state index is 9.17. The van der Waals surface area contributed by atoms with Crippen LogP contribution in [-0.4, -0.2) is 24.8 Å². The second-order valence-corrected chi connectivity index (χ2v) is 6.10. The first-order chi connectivity index (χ1) is 9.11. The Balaban J connectivity index is 2.12. The highest BCUT2D eigenvalue weighted by Gasteiger charge is 2.23. The van der Waals surface area contributed by atoms with Crippen LogP contribution in [0.3, 0.4) is 0 Å². The van der Waals surface area contributed by atoms with Gasteiger partial charge < -0.3 is 4.74 Å². The molecule has 3 unspecified atom stereocenters. The molecule has 1 rings (SSSR count). The van der Waals surface area contributed by atoms with E-state index in [4.69, 9.17) is 10.00 Å². The molecule has 0 saturated heterocycles. The maximum absolute atomic E-state index is 9.17. The van der Waals surface area contributed by atoms with E-state index in [0.717, 1.165) is 38.3 Å². The van der Waals surface area contributed by atoms with Gasteiger partial charge in [0.2, 0.25) is 0 Å². The van der Waals surface area contributed by atoms with E-state index in [-0.39, 0.29) is 5.54 Å². The van der Waals surface area contributed by atoms with Gasteiger partial charge in [0.1, 0.15) is 5.54 Å². The summed E-state index contributed by atoms with van der Waals surface area (Å²) in [5.41, 5.74) is -0.368. The SMILES string of the molecule is CCNC(C)(C#N)CCCCOC1CCCCC1C. The topological polar surface area (TPSA) is 45.0 Å². The van der Waals surface area contributed by atoms with Crippen molar-refractivity contribution < 1.29 is 4.74 Å². The van der Waals surface area contributed by atoms with E-state index in [0.29, 0.717) is 6.10 Å². The van der Waals surface area contributed by atoms with E-state index in [1.54, 1.807) is 0 Å². The lowest BCUT2D eigenvalue weighted by Gasteiger charge is -2.29. The minimum absolute atomic E-state index is 0.368. The molecule has 110 valence electrons. The number of nitrogens with zero attached hydrogens (tertiary/aromatic N) is 1. The summed E-state index contributed by atoms with van der Waals surface area (Å²) >= 11 is 0. The molecule has 1 saturated carbocycles. The average Bonchev–Trinajstić information content (AvgIpc) is 2.41. The molecule has 0 spiro atoms.